The molecule has 6 nitrogen and oxygen atoms in total. The zero-order chi connectivity index (χ0) is 17.6. The molecule has 126 valence electrons. The van der Waals surface area contributed by atoms with Gasteiger partial charge in [-0.25, -0.2) is 0 Å². The Bertz CT molecular complexity index is 876. The van der Waals surface area contributed by atoms with E-state index in [1.165, 1.54) is 11.3 Å². The molecular formula is C18H16N4O2S. The molecule has 0 bridgehead atoms. The second-order valence-corrected chi connectivity index (χ2v) is 6.35. The molecule has 0 fully saturated rings. The summed E-state index contributed by atoms with van der Waals surface area (Å²) in [5.41, 5.74) is 2.52. The minimum atomic E-state index is -0.351. The van der Waals surface area contributed by atoms with Gasteiger partial charge in [0.05, 0.1) is 6.54 Å². The van der Waals surface area contributed by atoms with E-state index in [9.17, 15) is 9.59 Å². The van der Waals surface area contributed by atoms with Gasteiger partial charge in [-0.05, 0) is 19.1 Å². The molecule has 0 unspecified atom stereocenters. The Kier molecular flexibility index (Phi) is 5.15. The topological polar surface area (TPSA) is 84.0 Å². The lowest BCUT2D eigenvalue weighted by Gasteiger charge is -2.05. The summed E-state index contributed by atoms with van der Waals surface area (Å²) < 4.78 is 0. The first kappa shape index (κ1) is 16.8. The van der Waals surface area contributed by atoms with Gasteiger partial charge < -0.3 is 5.32 Å². The van der Waals surface area contributed by atoms with Crippen LogP contribution in [-0.2, 0) is 4.79 Å². The fourth-order valence-electron chi connectivity index (χ4n) is 2.10. The lowest BCUT2D eigenvalue weighted by Crippen LogP contribution is -2.32. The van der Waals surface area contributed by atoms with E-state index in [4.69, 9.17) is 0 Å². The quantitative estimate of drug-likeness (QED) is 0.739. The Labute approximate surface area is 148 Å². The van der Waals surface area contributed by atoms with Gasteiger partial charge in [-0.3, -0.25) is 14.9 Å². The van der Waals surface area contributed by atoms with E-state index in [1.807, 2.05) is 49.4 Å². The third-order valence-corrected chi connectivity index (χ3v) is 4.30. The smallest absolute Gasteiger partial charge is 0.251 e. The van der Waals surface area contributed by atoms with Crippen LogP contribution in [0.15, 0.2) is 54.6 Å². The Balaban J connectivity index is 1.54. The van der Waals surface area contributed by atoms with Gasteiger partial charge in [0.2, 0.25) is 11.0 Å². The summed E-state index contributed by atoms with van der Waals surface area (Å²) in [5.74, 6) is -0.645. The summed E-state index contributed by atoms with van der Waals surface area (Å²) in [6, 6.07) is 16.7. The van der Waals surface area contributed by atoms with E-state index in [0.29, 0.717) is 10.7 Å². The summed E-state index contributed by atoms with van der Waals surface area (Å²) in [7, 11) is 0. The van der Waals surface area contributed by atoms with Gasteiger partial charge in [-0.1, -0.05) is 59.4 Å². The van der Waals surface area contributed by atoms with Crippen molar-refractivity contribution in [3.8, 4) is 10.6 Å². The number of hydrogen-bond donors (Lipinski definition) is 2. The molecule has 1 heterocycles. The molecule has 1 aromatic heterocycles. The molecule has 0 saturated heterocycles. The molecule has 0 saturated carbocycles. The molecule has 0 aliphatic carbocycles. The van der Waals surface area contributed by atoms with Gasteiger partial charge in [-0.2, -0.15) is 0 Å². The third kappa shape index (κ3) is 4.48. The third-order valence-electron chi connectivity index (χ3n) is 3.42. The zero-order valence-electron chi connectivity index (χ0n) is 13.5. The van der Waals surface area contributed by atoms with Gasteiger partial charge in [0, 0.05) is 11.1 Å². The summed E-state index contributed by atoms with van der Waals surface area (Å²) in [4.78, 5) is 23.9. The maximum absolute atomic E-state index is 12.0. The second-order valence-electron chi connectivity index (χ2n) is 5.38. The average Bonchev–Trinajstić information content (AvgIpc) is 3.09. The molecule has 0 atom stereocenters. The predicted molar refractivity (Wildman–Crippen MR) is 97.5 cm³/mol. The van der Waals surface area contributed by atoms with E-state index in [0.717, 1.165) is 16.1 Å². The van der Waals surface area contributed by atoms with Crippen molar-refractivity contribution >= 4 is 28.3 Å². The number of nitrogens with one attached hydrogen (secondary N) is 2. The minimum Gasteiger partial charge on any atom is -0.343 e. The number of benzene rings is 2. The number of aryl methyl sites for hydroxylation is 1. The van der Waals surface area contributed by atoms with E-state index in [-0.39, 0.29) is 18.4 Å². The normalized spacial score (nSPS) is 10.3. The van der Waals surface area contributed by atoms with E-state index in [2.05, 4.69) is 20.8 Å². The van der Waals surface area contributed by atoms with Crippen molar-refractivity contribution in [2.24, 2.45) is 0 Å². The van der Waals surface area contributed by atoms with Crippen molar-refractivity contribution in [3.05, 3.63) is 65.7 Å². The zero-order valence-corrected chi connectivity index (χ0v) is 14.3. The van der Waals surface area contributed by atoms with Crippen LogP contribution in [0.3, 0.4) is 0 Å². The van der Waals surface area contributed by atoms with Crippen molar-refractivity contribution < 1.29 is 9.59 Å². The molecular weight excluding hydrogens is 336 g/mol. The highest BCUT2D eigenvalue weighted by atomic mass is 32.1. The molecule has 0 aliphatic heterocycles. The first-order chi connectivity index (χ1) is 12.1. The van der Waals surface area contributed by atoms with Crippen LogP contribution >= 0.6 is 11.3 Å². The number of carbonyl (C=O) groups is 2. The summed E-state index contributed by atoms with van der Waals surface area (Å²) >= 11 is 1.28. The van der Waals surface area contributed by atoms with Gasteiger partial charge in [-0.15, -0.1) is 10.2 Å². The largest absolute Gasteiger partial charge is 0.343 e. The highest BCUT2D eigenvalue weighted by Crippen LogP contribution is 2.25. The first-order valence-electron chi connectivity index (χ1n) is 7.65. The molecule has 0 spiro atoms. The number of hydrogen-bond acceptors (Lipinski definition) is 5. The SMILES string of the molecule is Cc1ccc(C(=O)NCC(=O)Nc2nnc(-c3ccccc3)s2)cc1. The number of nitrogens with zero attached hydrogens (tertiary/aromatic N) is 2. The highest BCUT2D eigenvalue weighted by Gasteiger charge is 2.11. The Hall–Kier alpha value is -3.06. The first-order valence-corrected chi connectivity index (χ1v) is 8.47. The molecule has 2 amide bonds. The number of anilines is 1. The number of carbonyl (C=O) groups excluding carboxylic acids is 2. The van der Waals surface area contributed by atoms with Crippen LogP contribution in [0.2, 0.25) is 0 Å². The van der Waals surface area contributed by atoms with Crippen molar-refractivity contribution in [2.75, 3.05) is 11.9 Å². The highest BCUT2D eigenvalue weighted by molar-refractivity contribution is 7.18. The Morgan fingerprint density at radius 1 is 1.00 bits per heavy atom. The van der Waals surface area contributed by atoms with E-state index in [1.54, 1.807) is 12.1 Å². The predicted octanol–water partition coefficient (Wildman–Crippen LogP) is 2.88. The number of amides is 2. The number of aromatic nitrogens is 2. The van der Waals surface area contributed by atoms with Gasteiger partial charge in [0.1, 0.15) is 5.01 Å². The van der Waals surface area contributed by atoms with Gasteiger partial charge in [0.15, 0.2) is 0 Å². The molecule has 7 heteroatoms. The van der Waals surface area contributed by atoms with Gasteiger partial charge >= 0.3 is 0 Å². The van der Waals surface area contributed by atoms with Gasteiger partial charge in [0.25, 0.3) is 5.91 Å². The minimum absolute atomic E-state index is 0.132. The fraction of sp³-hybridized carbons (Fsp3) is 0.111. The molecule has 3 rings (SSSR count). The standard InChI is InChI=1S/C18H16N4O2S/c1-12-7-9-13(10-8-12)16(24)19-11-15(23)20-18-22-21-17(25-18)14-5-3-2-4-6-14/h2-10H,11H2,1H3,(H,19,24)(H,20,22,23). The van der Waals surface area contributed by atoms with Crippen molar-refractivity contribution in [3.63, 3.8) is 0 Å². The molecule has 25 heavy (non-hydrogen) atoms. The Morgan fingerprint density at radius 2 is 1.72 bits per heavy atom. The summed E-state index contributed by atoms with van der Waals surface area (Å²) in [6.07, 6.45) is 0. The lowest BCUT2D eigenvalue weighted by molar-refractivity contribution is -0.115. The van der Waals surface area contributed by atoms with E-state index >= 15 is 0 Å². The fourth-order valence-corrected chi connectivity index (χ4v) is 2.87. The number of rotatable bonds is 5. The van der Waals surface area contributed by atoms with Crippen LogP contribution in [0.1, 0.15) is 15.9 Å². The monoisotopic (exact) mass is 352 g/mol. The lowest BCUT2D eigenvalue weighted by atomic mass is 10.1. The summed E-state index contributed by atoms with van der Waals surface area (Å²) in [6.45, 7) is 1.81. The summed E-state index contributed by atoms with van der Waals surface area (Å²) in [5, 5.41) is 14.3. The second kappa shape index (κ2) is 7.67. The molecule has 3 aromatic rings. The molecule has 0 radical (unpaired) electrons. The average molecular weight is 352 g/mol. The van der Waals surface area contributed by atoms with Crippen molar-refractivity contribution in [2.45, 2.75) is 6.92 Å². The maximum atomic E-state index is 12.0. The van der Waals surface area contributed by atoms with Crippen LogP contribution in [0.4, 0.5) is 5.13 Å². The van der Waals surface area contributed by atoms with Crippen molar-refractivity contribution in [1.29, 1.82) is 0 Å². The van der Waals surface area contributed by atoms with Crippen LogP contribution in [0.5, 0.6) is 0 Å². The maximum Gasteiger partial charge on any atom is 0.251 e. The molecule has 2 N–H and O–H groups in total. The molecule has 0 aliphatic rings. The molecule has 2 aromatic carbocycles. The van der Waals surface area contributed by atoms with E-state index < -0.39 is 0 Å². The van der Waals surface area contributed by atoms with Crippen molar-refractivity contribution in [1.82, 2.24) is 15.5 Å². The van der Waals surface area contributed by atoms with Crippen LogP contribution in [0, 0.1) is 6.92 Å². The Morgan fingerprint density at radius 3 is 2.44 bits per heavy atom. The van der Waals surface area contributed by atoms with Crippen LogP contribution in [-0.4, -0.2) is 28.6 Å². The van der Waals surface area contributed by atoms with Crippen LogP contribution < -0.4 is 10.6 Å². The van der Waals surface area contributed by atoms with Crippen LogP contribution in [0.25, 0.3) is 10.6 Å².